The monoisotopic (exact) mass is 356 g/mol. The highest BCUT2D eigenvalue weighted by atomic mass is 19.2. The van der Waals surface area contributed by atoms with Crippen LogP contribution in [0.15, 0.2) is 48.5 Å². The second-order valence-electron chi connectivity index (χ2n) is 6.54. The van der Waals surface area contributed by atoms with Gasteiger partial charge >= 0.3 is 0 Å². The van der Waals surface area contributed by atoms with Crippen LogP contribution < -0.4 is 0 Å². The Morgan fingerprint density at radius 1 is 0.808 bits per heavy atom. The van der Waals surface area contributed by atoms with Crippen LogP contribution in [0.3, 0.4) is 0 Å². The molecule has 0 saturated heterocycles. The van der Waals surface area contributed by atoms with Crippen LogP contribution in [-0.2, 0) is 6.42 Å². The van der Waals surface area contributed by atoms with E-state index in [2.05, 4.69) is 0 Å². The minimum atomic E-state index is -1.57. The Hall–Kier alpha value is -2.62. The van der Waals surface area contributed by atoms with E-state index in [1.165, 1.54) is 6.07 Å². The minimum absolute atomic E-state index is 0.0772. The van der Waals surface area contributed by atoms with E-state index >= 15 is 4.39 Å². The van der Waals surface area contributed by atoms with E-state index in [0.29, 0.717) is 39.8 Å². The van der Waals surface area contributed by atoms with Gasteiger partial charge in [-0.25, -0.2) is 17.6 Å². The van der Waals surface area contributed by atoms with Crippen molar-refractivity contribution >= 4 is 0 Å². The van der Waals surface area contributed by atoms with E-state index < -0.39 is 23.6 Å². The lowest BCUT2D eigenvalue weighted by Gasteiger charge is -2.09. The third kappa shape index (κ3) is 2.52. The highest BCUT2D eigenvalue weighted by Gasteiger charge is 2.32. The van der Waals surface area contributed by atoms with Gasteiger partial charge in [-0.15, -0.1) is 0 Å². The molecule has 0 aliphatic heterocycles. The molecule has 1 atom stereocenters. The topological polar surface area (TPSA) is 0 Å². The van der Waals surface area contributed by atoms with Gasteiger partial charge in [0.2, 0.25) is 0 Å². The maximum absolute atomic E-state index is 15.1. The van der Waals surface area contributed by atoms with Gasteiger partial charge in [-0.1, -0.05) is 43.7 Å². The molecule has 0 aromatic heterocycles. The zero-order valence-corrected chi connectivity index (χ0v) is 14.1. The van der Waals surface area contributed by atoms with Crippen molar-refractivity contribution in [1.29, 1.82) is 0 Å². The molecule has 1 aliphatic carbocycles. The summed E-state index contributed by atoms with van der Waals surface area (Å²) < 4.78 is 56.5. The SMILES string of the molecule is CCCc1ccc2c(c1F)C(F)c1cc(-c3ccc(F)c(F)c3)ccc1-2. The summed E-state index contributed by atoms with van der Waals surface area (Å²) in [5, 5.41) is 0. The summed E-state index contributed by atoms with van der Waals surface area (Å²) in [4.78, 5) is 0. The van der Waals surface area contributed by atoms with Gasteiger partial charge < -0.3 is 0 Å². The summed E-state index contributed by atoms with van der Waals surface area (Å²) in [6.07, 6.45) is -0.232. The Labute approximate surface area is 149 Å². The van der Waals surface area contributed by atoms with Crippen LogP contribution in [0.2, 0.25) is 0 Å². The van der Waals surface area contributed by atoms with E-state index in [-0.39, 0.29) is 5.56 Å². The van der Waals surface area contributed by atoms with Crippen molar-refractivity contribution < 1.29 is 17.6 Å². The maximum atomic E-state index is 15.1. The summed E-state index contributed by atoms with van der Waals surface area (Å²) in [6.45, 7) is 1.95. The lowest BCUT2D eigenvalue weighted by Crippen LogP contribution is -1.98. The Morgan fingerprint density at radius 3 is 2.23 bits per heavy atom. The molecular formula is C22H16F4. The molecule has 26 heavy (non-hydrogen) atoms. The van der Waals surface area contributed by atoms with Crippen molar-refractivity contribution in [3.05, 3.63) is 82.7 Å². The van der Waals surface area contributed by atoms with Gasteiger partial charge in [-0.3, -0.25) is 0 Å². The van der Waals surface area contributed by atoms with Crippen LogP contribution in [0.5, 0.6) is 0 Å². The van der Waals surface area contributed by atoms with Gasteiger partial charge in [0.15, 0.2) is 17.8 Å². The van der Waals surface area contributed by atoms with Crippen molar-refractivity contribution in [2.45, 2.75) is 25.9 Å². The predicted octanol–water partition coefficient (Wildman–Crippen LogP) is 6.76. The quantitative estimate of drug-likeness (QED) is 0.455. The first-order valence-electron chi connectivity index (χ1n) is 8.56. The lowest BCUT2D eigenvalue weighted by atomic mass is 9.98. The highest BCUT2D eigenvalue weighted by molar-refractivity contribution is 5.82. The second-order valence-corrected chi connectivity index (χ2v) is 6.54. The normalized spacial score (nSPS) is 15.0. The second kappa shape index (κ2) is 6.27. The molecule has 0 nitrogen and oxygen atoms in total. The largest absolute Gasteiger partial charge is 0.237 e. The minimum Gasteiger partial charge on any atom is -0.237 e. The van der Waals surface area contributed by atoms with Crippen LogP contribution >= 0.6 is 0 Å². The molecule has 0 heterocycles. The van der Waals surface area contributed by atoms with Gasteiger partial charge in [0, 0.05) is 5.56 Å². The van der Waals surface area contributed by atoms with Crippen LogP contribution in [0.1, 0.15) is 36.2 Å². The number of halogens is 4. The number of benzene rings is 3. The fourth-order valence-electron chi connectivity index (χ4n) is 3.61. The van der Waals surface area contributed by atoms with Gasteiger partial charge in [0.05, 0.1) is 0 Å². The summed E-state index contributed by atoms with van der Waals surface area (Å²) in [5.74, 6) is -2.38. The van der Waals surface area contributed by atoms with E-state index in [1.54, 1.807) is 30.3 Å². The molecule has 4 rings (SSSR count). The molecule has 0 radical (unpaired) electrons. The third-order valence-electron chi connectivity index (χ3n) is 4.90. The van der Waals surface area contributed by atoms with Crippen LogP contribution in [0, 0.1) is 17.5 Å². The Morgan fingerprint density at radius 2 is 1.50 bits per heavy atom. The van der Waals surface area contributed by atoms with Crippen molar-refractivity contribution in [1.82, 2.24) is 0 Å². The highest BCUT2D eigenvalue weighted by Crippen LogP contribution is 2.48. The van der Waals surface area contributed by atoms with Gasteiger partial charge in [0.25, 0.3) is 0 Å². The number of hydrogen-bond donors (Lipinski definition) is 0. The average molecular weight is 356 g/mol. The summed E-state index contributed by atoms with van der Waals surface area (Å²) >= 11 is 0. The van der Waals surface area contributed by atoms with E-state index in [4.69, 9.17) is 0 Å². The smallest absolute Gasteiger partial charge is 0.159 e. The number of alkyl halides is 1. The molecule has 0 bridgehead atoms. The number of hydrogen-bond acceptors (Lipinski definition) is 0. The Balaban J connectivity index is 1.81. The molecule has 0 saturated carbocycles. The van der Waals surface area contributed by atoms with Crippen LogP contribution in [-0.4, -0.2) is 0 Å². The molecule has 3 aromatic rings. The van der Waals surface area contributed by atoms with Crippen LogP contribution in [0.25, 0.3) is 22.3 Å². The summed E-state index contributed by atoms with van der Waals surface area (Å²) in [5.41, 5.74) is 3.16. The number of fused-ring (bicyclic) bond motifs is 3. The standard InChI is InChI=1S/C22H16F4/c1-2-3-12-4-8-16-15-7-5-13(14-6-9-18(23)19(24)11-14)10-17(15)22(26)20(16)21(12)25/h4-11,22H,2-3H2,1H3. The zero-order valence-electron chi connectivity index (χ0n) is 14.1. The Kier molecular flexibility index (Phi) is 4.06. The fraction of sp³-hybridized carbons (Fsp3) is 0.182. The molecule has 0 N–H and O–H groups in total. The summed E-state index contributed by atoms with van der Waals surface area (Å²) in [7, 11) is 0. The van der Waals surface area contributed by atoms with E-state index in [1.807, 2.05) is 6.92 Å². The van der Waals surface area contributed by atoms with E-state index in [0.717, 1.165) is 18.6 Å². The first kappa shape index (κ1) is 16.8. The lowest BCUT2D eigenvalue weighted by molar-refractivity contribution is 0.394. The van der Waals surface area contributed by atoms with Crippen molar-refractivity contribution in [3.8, 4) is 22.3 Å². The fourth-order valence-corrected chi connectivity index (χ4v) is 3.61. The van der Waals surface area contributed by atoms with Crippen molar-refractivity contribution in [3.63, 3.8) is 0 Å². The summed E-state index contributed by atoms with van der Waals surface area (Å²) in [6, 6.07) is 12.0. The van der Waals surface area contributed by atoms with Crippen LogP contribution in [0.4, 0.5) is 17.6 Å². The van der Waals surface area contributed by atoms with Crippen molar-refractivity contribution in [2.24, 2.45) is 0 Å². The third-order valence-corrected chi connectivity index (χ3v) is 4.90. The number of rotatable bonds is 3. The molecule has 3 aromatic carbocycles. The molecule has 1 aliphatic rings. The molecule has 4 heteroatoms. The molecular weight excluding hydrogens is 340 g/mol. The number of aryl methyl sites for hydroxylation is 1. The van der Waals surface area contributed by atoms with Gasteiger partial charge in [-0.2, -0.15) is 0 Å². The first-order valence-corrected chi connectivity index (χ1v) is 8.56. The molecule has 0 fully saturated rings. The average Bonchev–Trinajstić information content (AvgIpc) is 2.92. The van der Waals surface area contributed by atoms with Gasteiger partial charge in [0.1, 0.15) is 5.82 Å². The van der Waals surface area contributed by atoms with E-state index in [9.17, 15) is 13.2 Å². The van der Waals surface area contributed by atoms with Gasteiger partial charge in [-0.05, 0) is 58.0 Å². The molecule has 1 unspecified atom stereocenters. The maximum Gasteiger partial charge on any atom is 0.159 e. The van der Waals surface area contributed by atoms with Crippen molar-refractivity contribution in [2.75, 3.05) is 0 Å². The zero-order chi connectivity index (χ0) is 18.4. The Bertz CT molecular complexity index is 1010. The molecule has 0 spiro atoms. The molecule has 132 valence electrons. The first-order chi connectivity index (χ1) is 12.5. The molecule has 0 amide bonds. The predicted molar refractivity (Wildman–Crippen MR) is 94.1 cm³/mol.